The molecule has 3 aromatic heterocycles. The van der Waals surface area contributed by atoms with Crippen LogP contribution in [0.2, 0.25) is 0 Å². The second-order valence-electron chi connectivity index (χ2n) is 11.2. The number of likely N-dealkylation sites (N-methyl/N-ethyl adjacent to an activating group) is 1. The molecule has 0 saturated carbocycles. The maximum Gasteiger partial charge on any atom is 0.231 e. The topological polar surface area (TPSA) is 66.2 Å². The van der Waals surface area contributed by atoms with Crippen LogP contribution >= 0.6 is 0 Å². The third-order valence-corrected chi connectivity index (χ3v) is 8.36. The number of pyridine rings is 1. The number of hydrogen-bond acceptors (Lipinski definition) is 7. The second-order valence-corrected chi connectivity index (χ2v) is 11.2. The molecule has 2 aliphatic rings. The van der Waals surface area contributed by atoms with Crippen LogP contribution in [0.15, 0.2) is 42.7 Å². The molecule has 39 heavy (non-hydrogen) atoms. The summed E-state index contributed by atoms with van der Waals surface area (Å²) in [7, 11) is 1.86. The number of rotatable bonds is 7. The zero-order valence-electron chi connectivity index (χ0n) is 23.5. The van der Waals surface area contributed by atoms with Gasteiger partial charge in [-0.2, -0.15) is 0 Å². The summed E-state index contributed by atoms with van der Waals surface area (Å²) in [5.74, 6) is 1.60. The summed E-state index contributed by atoms with van der Waals surface area (Å²) in [4.78, 5) is 25.3. The smallest absolute Gasteiger partial charge is 0.231 e. The number of imidazole rings is 1. The highest BCUT2D eigenvalue weighted by Crippen LogP contribution is 2.32. The van der Waals surface area contributed by atoms with E-state index in [1.807, 2.05) is 44.4 Å². The summed E-state index contributed by atoms with van der Waals surface area (Å²) in [5, 5.41) is 0. The van der Waals surface area contributed by atoms with Gasteiger partial charge in [-0.1, -0.05) is 19.1 Å². The van der Waals surface area contributed by atoms with Crippen LogP contribution in [0.3, 0.4) is 0 Å². The molecule has 0 radical (unpaired) electrons. The van der Waals surface area contributed by atoms with Gasteiger partial charge >= 0.3 is 0 Å². The number of hydrogen-bond donors (Lipinski definition) is 0. The van der Waals surface area contributed by atoms with Crippen LogP contribution in [0.25, 0.3) is 22.3 Å². The Labute approximate surface area is 229 Å². The van der Waals surface area contributed by atoms with E-state index in [-0.39, 0.29) is 11.7 Å². The van der Waals surface area contributed by atoms with Crippen LogP contribution < -0.4 is 4.90 Å². The predicted octanol–water partition coefficient (Wildman–Crippen LogP) is 5.35. The van der Waals surface area contributed by atoms with Crippen molar-refractivity contribution in [2.75, 3.05) is 31.6 Å². The fraction of sp³-hybridized carbons (Fsp3) is 0.467. The minimum atomic E-state index is -0.458. The Hall–Kier alpha value is -3.43. The first kappa shape index (κ1) is 25.8. The lowest BCUT2D eigenvalue weighted by atomic mass is 10.1. The van der Waals surface area contributed by atoms with E-state index in [1.54, 1.807) is 4.90 Å². The number of likely N-dealkylation sites (tertiary alicyclic amines) is 1. The Morgan fingerprint density at radius 1 is 1.03 bits per heavy atom. The average Bonchev–Trinajstić information content (AvgIpc) is 3.38. The molecule has 0 aliphatic carbocycles. The van der Waals surface area contributed by atoms with Gasteiger partial charge in [-0.05, 0) is 63.9 Å². The summed E-state index contributed by atoms with van der Waals surface area (Å²) in [6.45, 7) is 12.9. The fourth-order valence-corrected chi connectivity index (χ4v) is 6.35. The molecule has 2 saturated heterocycles. The van der Waals surface area contributed by atoms with Crippen molar-refractivity contribution >= 4 is 22.8 Å². The lowest BCUT2D eigenvalue weighted by molar-refractivity contribution is 0.0641. The molecule has 6 rings (SSSR count). The Kier molecular flexibility index (Phi) is 6.81. The molecular weight excluding hydrogens is 491 g/mol. The van der Waals surface area contributed by atoms with Crippen LogP contribution in [0, 0.1) is 12.7 Å². The Balaban J connectivity index is 1.22. The molecule has 2 aliphatic heterocycles. The number of nitrogens with zero attached hydrogens (tertiary/aromatic N) is 8. The van der Waals surface area contributed by atoms with E-state index in [2.05, 4.69) is 56.2 Å². The molecule has 9 heteroatoms. The van der Waals surface area contributed by atoms with Crippen molar-refractivity contribution in [3.63, 3.8) is 0 Å². The van der Waals surface area contributed by atoms with E-state index in [0.717, 1.165) is 48.9 Å². The van der Waals surface area contributed by atoms with Crippen LogP contribution in [0.1, 0.15) is 51.0 Å². The molecule has 2 unspecified atom stereocenters. The van der Waals surface area contributed by atoms with Gasteiger partial charge in [-0.25, -0.2) is 24.3 Å². The van der Waals surface area contributed by atoms with Crippen LogP contribution in [0.4, 0.5) is 16.2 Å². The van der Waals surface area contributed by atoms with Crippen molar-refractivity contribution in [2.45, 2.75) is 65.2 Å². The first-order valence-electron chi connectivity index (χ1n) is 14.0. The number of anilines is 2. The molecule has 1 aromatic carbocycles. The molecule has 0 amide bonds. The SMILES string of the molecule is CCN1CC2CCC(C1)N2Cc1ccc(N(C)c2ncc(F)c(-c3ccc4nc(C)n(C(C)C)c4c3)n2)nc1. The molecule has 5 heterocycles. The molecule has 0 spiro atoms. The average molecular weight is 529 g/mol. The van der Waals surface area contributed by atoms with Crippen LogP contribution in [-0.2, 0) is 6.54 Å². The van der Waals surface area contributed by atoms with Crippen molar-refractivity contribution in [1.29, 1.82) is 0 Å². The van der Waals surface area contributed by atoms with E-state index < -0.39 is 5.82 Å². The van der Waals surface area contributed by atoms with E-state index >= 15 is 0 Å². The zero-order valence-corrected chi connectivity index (χ0v) is 23.5. The maximum atomic E-state index is 15.0. The van der Waals surface area contributed by atoms with Crippen molar-refractivity contribution in [2.24, 2.45) is 0 Å². The molecular formula is C30H37FN8. The molecule has 2 bridgehead atoms. The summed E-state index contributed by atoms with van der Waals surface area (Å²) in [6.07, 6.45) is 5.76. The Bertz CT molecular complexity index is 1470. The van der Waals surface area contributed by atoms with Crippen LogP contribution in [0.5, 0.6) is 0 Å². The van der Waals surface area contributed by atoms with Crippen molar-refractivity contribution < 1.29 is 4.39 Å². The molecule has 204 valence electrons. The summed E-state index contributed by atoms with van der Waals surface area (Å²) < 4.78 is 17.1. The van der Waals surface area contributed by atoms with E-state index in [9.17, 15) is 4.39 Å². The van der Waals surface area contributed by atoms with Crippen molar-refractivity contribution in [3.05, 3.63) is 59.9 Å². The third-order valence-electron chi connectivity index (χ3n) is 8.36. The standard InChI is InChI=1S/C30H37FN8/c1-6-37-17-23-9-10-24(18-37)38(23)16-21-7-12-28(32-14-21)36(5)30-33-15-25(31)29(35-30)22-8-11-26-27(13-22)39(19(2)3)20(4)34-26/h7-8,11-15,19,23-24H,6,9-10,16-18H2,1-5H3. The van der Waals surface area contributed by atoms with Crippen LogP contribution in [-0.4, -0.2) is 73.1 Å². The number of fused-ring (bicyclic) bond motifs is 3. The minimum Gasteiger partial charge on any atom is -0.326 e. The zero-order chi connectivity index (χ0) is 27.3. The number of piperazine rings is 1. The largest absolute Gasteiger partial charge is 0.326 e. The van der Waals surface area contributed by atoms with Gasteiger partial charge in [-0.15, -0.1) is 0 Å². The number of aromatic nitrogens is 5. The molecule has 2 fully saturated rings. The highest BCUT2D eigenvalue weighted by Gasteiger charge is 2.39. The van der Waals surface area contributed by atoms with E-state index in [1.165, 1.54) is 24.6 Å². The lowest BCUT2D eigenvalue weighted by Gasteiger charge is -2.40. The van der Waals surface area contributed by atoms with Gasteiger partial charge in [0.25, 0.3) is 0 Å². The van der Waals surface area contributed by atoms with Gasteiger partial charge < -0.3 is 9.47 Å². The summed E-state index contributed by atoms with van der Waals surface area (Å²) >= 11 is 0. The summed E-state index contributed by atoms with van der Waals surface area (Å²) in [6, 6.07) is 11.4. The maximum absolute atomic E-state index is 15.0. The first-order chi connectivity index (χ1) is 18.8. The highest BCUT2D eigenvalue weighted by molar-refractivity contribution is 5.82. The first-order valence-corrected chi connectivity index (χ1v) is 14.0. The number of halogens is 1. The Morgan fingerprint density at radius 2 is 1.79 bits per heavy atom. The van der Waals surface area contributed by atoms with Gasteiger partial charge in [0.2, 0.25) is 5.95 Å². The molecule has 4 aromatic rings. The number of benzene rings is 1. The number of aryl methyl sites for hydroxylation is 1. The van der Waals surface area contributed by atoms with Gasteiger partial charge in [0.05, 0.1) is 17.2 Å². The fourth-order valence-electron chi connectivity index (χ4n) is 6.35. The monoisotopic (exact) mass is 528 g/mol. The third kappa shape index (κ3) is 4.78. The van der Waals surface area contributed by atoms with E-state index in [0.29, 0.717) is 23.6 Å². The van der Waals surface area contributed by atoms with Crippen molar-refractivity contribution in [1.82, 2.24) is 34.3 Å². The molecule has 2 atom stereocenters. The molecule has 0 N–H and O–H groups in total. The van der Waals surface area contributed by atoms with Gasteiger partial charge in [0.15, 0.2) is 5.82 Å². The highest BCUT2D eigenvalue weighted by atomic mass is 19.1. The minimum absolute atomic E-state index is 0.243. The lowest BCUT2D eigenvalue weighted by Crippen LogP contribution is -2.52. The quantitative estimate of drug-likeness (QED) is 0.320. The summed E-state index contributed by atoms with van der Waals surface area (Å²) in [5.41, 5.74) is 4.03. The van der Waals surface area contributed by atoms with Crippen molar-refractivity contribution in [3.8, 4) is 11.3 Å². The normalized spacial score (nSPS) is 19.9. The van der Waals surface area contributed by atoms with E-state index in [4.69, 9.17) is 4.98 Å². The van der Waals surface area contributed by atoms with Gasteiger partial charge in [-0.3, -0.25) is 9.80 Å². The van der Waals surface area contributed by atoms with Gasteiger partial charge in [0, 0.05) is 56.6 Å². The predicted molar refractivity (Wildman–Crippen MR) is 153 cm³/mol. The Morgan fingerprint density at radius 3 is 2.46 bits per heavy atom. The second kappa shape index (κ2) is 10.3. The molecule has 8 nitrogen and oxygen atoms in total. The van der Waals surface area contributed by atoms with Gasteiger partial charge in [0.1, 0.15) is 17.3 Å².